The van der Waals surface area contributed by atoms with Crippen molar-refractivity contribution in [3.63, 3.8) is 0 Å². The normalized spacial score (nSPS) is 11.1. The largest absolute Gasteiger partial charge is 0.273 e. The van der Waals surface area contributed by atoms with E-state index in [4.69, 9.17) is 23.2 Å². The minimum absolute atomic E-state index is 0.0367. The molecule has 1 amide bonds. The summed E-state index contributed by atoms with van der Waals surface area (Å²) in [4.78, 5) is 10.8. The quantitative estimate of drug-likeness (QED) is 0.842. The average Bonchev–Trinajstić information content (AvgIpc) is 2.17. The Morgan fingerprint density at radius 2 is 1.80 bits per heavy atom. The van der Waals surface area contributed by atoms with Gasteiger partial charge in [0, 0.05) is 5.02 Å². The summed E-state index contributed by atoms with van der Waals surface area (Å²) in [5.41, 5.74) is 0. The molecule has 4 nitrogen and oxygen atoms in total. The highest BCUT2D eigenvalue weighted by atomic mass is 35.5. The zero-order valence-electron chi connectivity index (χ0n) is 7.41. The lowest BCUT2D eigenvalue weighted by Crippen LogP contribution is -2.31. The van der Waals surface area contributed by atoms with Gasteiger partial charge in [0.15, 0.2) is 0 Å². The first-order chi connectivity index (χ1) is 6.95. The van der Waals surface area contributed by atoms with Gasteiger partial charge in [0.2, 0.25) is 5.91 Å². The van der Waals surface area contributed by atoms with E-state index < -0.39 is 21.8 Å². The number of hydrogen-bond acceptors (Lipinski definition) is 3. The number of nitrogens with one attached hydrogen (secondary N) is 1. The van der Waals surface area contributed by atoms with Gasteiger partial charge in [-0.25, -0.2) is 13.1 Å². The van der Waals surface area contributed by atoms with Crippen molar-refractivity contribution in [1.82, 2.24) is 4.72 Å². The van der Waals surface area contributed by atoms with Gasteiger partial charge >= 0.3 is 0 Å². The molecule has 0 radical (unpaired) electrons. The number of rotatable bonds is 3. The smallest absolute Gasteiger partial charge is 0.264 e. The van der Waals surface area contributed by atoms with Crippen LogP contribution >= 0.6 is 23.2 Å². The predicted molar refractivity (Wildman–Crippen MR) is 57.5 cm³/mol. The first-order valence-corrected chi connectivity index (χ1v) is 6.22. The topological polar surface area (TPSA) is 63.2 Å². The molecule has 7 heteroatoms. The van der Waals surface area contributed by atoms with Gasteiger partial charge in [0.05, 0.1) is 4.90 Å². The fourth-order valence-electron chi connectivity index (χ4n) is 0.850. The molecule has 0 spiro atoms. The molecule has 0 atom stereocenters. The second-order valence-corrected chi connectivity index (χ2v) is 5.00. The van der Waals surface area contributed by atoms with Crippen LogP contribution in [0.2, 0.25) is 5.02 Å². The molecule has 1 rings (SSSR count). The molecular weight excluding hydrogens is 261 g/mol. The van der Waals surface area contributed by atoms with Crippen LogP contribution in [0.25, 0.3) is 0 Å². The molecule has 1 aromatic carbocycles. The van der Waals surface area contributed by atoms with Crippen LogP contribution < -0.4 is 4.72 Å². The van der Waals surface area contributed by atoms with Crippen molar-refractivity contribution in [2.75, 3.05) is 5.88 Å². The average molecular weight is 268 g/mol. The molecule has 0 saturated heterocycles. The number of carbonyl (C=O) groups is 1. The molecule has 0 bridgehead atoms. The first kappa shape index (κ1) is 12.3. The Morgan fingerprint density at radius 1 is 1.27 bits per heavy atom. The summed E-state index contributed by atoms with van der Waals surface area (Å²) < 4.78 is 24.8. The zero-order valence-corrected chi connectivity index (χ0v) is 9.73. The molecule has 1 N–H and O–H groups in total. The standard InChI is InChI=1S/C8H7Cl2NO3S/c9-5-8(12)11-15(13,14)7-3-1-6(10)2-4-7/h1-4H,5H2,(H,11,12). The minimum Gasteiger partial charge on any atom is -0.273 e. The molecule has 0 heterocycles. The lowest BCUT2D eigenvalue weighted by molar-refractivity contribution is -0.116. The van der Waals surface area contributed by atoms with Gasteiger partial charge in [-0.05, 0) is 24.3 Å². The molecule has 1 aromatic rings. The summed E-state index contributed by atoms with van der Waals surface area (Å²) in [5.74, 6) is -1.18. The minimum atomic E-state index is -3.83. The van der Waals surface area contributed by atoms with Crippen LogP contribution in [0, 0.1) is 0 Å². The molecule has 0 saturated carbocycles. The summed E-state index contributed by atoms with van der Waals surface area (Å²) >= 11 is 10.8. The van der Waals surface area contributed by atoms with Crippen LogP contribution in [0.5, 0.6) is 0 Å². The number of hydrogen-bond donors (Lipinski definition) is 1. The van der Waals surface area contributed by atoms with Crippen LogP contribution in [0.4, 0.5) is 0 Å². The Hall–Kier alpha value is -0.780. The molecular formula is C8H7Cl2NO3S. The fraction of sp³-hybridized carbons (Fsp3) is 0.125. The van der Waals surface area contributed by atoms with E-state index in [0.29, 0.717) is 5.02 Å². The Balaban J connectivity index is 2.96. The molecule has 0 aromatic heterocycles. The summed E-state index contributed by atoms with van der Waals surface area (Å²) in [7, 11) is -3.83. The number of sulfonamides is 1. The van der Waals surface area contributed by atoms with Gasteiger partial charge in [0.25, 0.3) is 10.0 Å². The van der Waals surface area contributed by atoms with E-state index >= 15 is 0 Å². The highest BCUT2D eigenvalue weighted by molar-refractivity contribution is 7.90. The van der Waals surface area contributed by atoms with E-state index in [9.17, 15) is 13.2 Å². The van der Waals surface area contributed by atoms with Crippen molar-refractivity contribution in [2.24, 2.45) is 0 Å². The second kappa shape index (κ2) is 4.83. The number of benzene rings is 1. The van der Waals surface area contributed by atoms with Gasteiger partial charge < -0.3 is 0 Å². The Kier molecular flexibility index (Phi) is 3.96. The Bertz CT molecular complexity index is 455. The van der Waals surface area contributed by atoms with E-state index in [0.717, 1.165) is 0 Å². The number of amides is 1. The molecule has 0 fully saturated rings. The van der Waals surface area contributed by atoms with Gasteiger partial charge in [-0.3, -0.25) is 4.79 Å². The first-order valence-electron chi connectivity index (χ1n) is 3.83. The van der Waals surface area contributed by atoms with Crippen LogP contribution in [0.15, 0.2) is 29.2 Å². The van der Waals surface area contributed by atoms with Crippen LogP contribution in [0.1, 0.15) is 0 Å². The van der Waals surface area contributed by atoms with Crippen molar-refractivity contribution in [2.45, 2.75) is 4.90 Å². The molecule has 0 aliphatic carbocycles. The third-order valence-corrected chi connectivity index (χ3v) is 3.38. The van der Waals surface area contributed by atoms with E-state index in [2.05, 4.69) is 0 Å². The summed E-state index contributed by atoms with van der Waals surface area (Å²) in [6.45, 7) is 0. The Morgan fingerprint density at radius 3 is 2.27 bits per heavy atom. The fourth-order valence-corrected chi connectivity index (χ4v) is 2.11. The predicted octanol–water partition coefficient (Wildman–Crippen LogP) is 1.38. The van der Waals surface area contributed by atoms with Crippen molar-refractivity contribution in [1.29, 1.82) is 0 Å². The van der Waals surface area contributed by atoms with Crippen molar-refractivity contribution < 1.29 is 13.2 Å². The number of alkyl halides is 1. The van der Waals surface area contributed by atoms with Gasteiger partial charge in [-0.1, -0.05) is 11.6 Å². The van der Waals surface area contributed by atoms with E-state index in [1.807, 2.05) is 0 Å². The van der Waals surface area contributed by atoms with E-state index in [1.54, 1.807) is 4.72 Å². The summed E-state index contributed by atoms with van der Waals surface area (Å²) in [6, 6.07) is 5.43. The Labute approximate surface area is 97.2 Å². The number of carbonyl (C=O) groups excluding carboxylic acids is 1. The van der Waals surface area contributed by atoms with Crippen LogP contribution in [-0.2, 0) is 14.8 Å². The molecule has 0 aliphatic heterocycles. The highest BCUT2D eigenvalue weighted by Crippen LogP contribution is 2.13. The van der Waals surface area contributed by atoms with Gasteiger partial charge in [-0.15, -0.1) is 11.6 Å². The van der Waals surface area contributed by atoms with Crippen molar-refractivity contribution in [3.8, 4) is 0 Å². The second-order valence-electron chi connectivity index (χ2n) is 2.62. The van der Waals surface area contributed by atoms with Gasteiger partial charge in [0.1, 0.15) is 5.88 Å². The molecule has 82 valence electrons. The lowest BCUT2D eigenvalue weighted by Gasteiger charge is -2.04. The maximum Gasteiger partial charge on any atom is 0.264 e. The lowest BCUT2D eigenvalue weighted by atomic mass is 10.4. The zero-order chi connectivity index (χ0) is 11.5. The SMILES string of the molecule is O=C(CCl)NS(=O)(=O)c1ccc(Cl)cc1. The summed E-state index contributed by atoms with van der Waals surface area (Å²) in [5, 5.41) is 0.414. The third-order valence-electron chi connectivity index (χ3n) is 1.49. The number of halogens is 2. The van der Waals surface area contributed by atoms with Gasteiger partial charge in [-0.2, -0.15) is 0 Å². The van der Waals surface area contributed by atoms with E-state index in [-0.39, 0.29) is 4.90 Å². The molecule has 0 unspecified atom stereocenters. The summed E-state index contributed by atoms with van der Waals surface area (Å²) in [6.07, 6.45) is 0. The van der Waals surface area contributed by atoms with Crippen molar-refractivity contribution >= 4 is 39.1 Å². The maximum atomic E-state index is 11.5. The van der Waals surface area contributed by atoms with Crippen molar-refractivity contribution in [3.05, 3.63) is 29.3 Å². The molecule has 0 aliphatic rings. The van der Waals surface area contributed by atoms with E-state index in [1.165, 1.54) is 24.3 Å². The maximum absolute atomic E-state index is 11.5. The van der Waals surface area contributed by atoms with Crippen LogP contribution in [0.3, 0.4) is 0 Å². The highest BCUT2D eigenvalue weighted by Gasteiger charge is 2.16. The molecule has 15 heavy (non-hydrogen) atoms. The monoisotopic (exact) mass is 267 g/mol. The third kappa shape index (κ3) is 3.37. The van der Waals surface area contributed by atoms with Crippen LogP contribution in [-0.4, -0.2) is 20.2 Å².